The van der Waals surface area contributed by atoms with Gasteiger partial charge in [0.25, 0.3) is 0 Å². The summed E-state index contributed by atoms with van der Waals surface area (Å²) in [5.74, 6) is 0.0916. The molecular weight excluding hydrogens is 162 g/mol. The van der Waals surface area contributed by atoms with Gasteiger partial charge < -0.3 is 5.32 Å². The predicted molar refractivity (Wildman–Crippen MR) is 54.6 cm³/mol. The molecule has 70 valence electrons. The average molecular weight is 177 g/mol. The van der Waals surface area contributed by atoms with Crippen LogP contribution in [0.3, 0.4) is 0 Å². The molecule has 0 fully saturated rings. The molecule has 1 amide bonds. The summed E-state index contributed by atoms with van der Waals surface area (Å²) in [5, 5.41) is 2.87. The van der Waals surface area contributed by atoms with Crippen LogP contribution in [-0.2, 0) is 4.79 Å². The molecular formula is C11H15NO. The van der Waals surface area contributed by atoms with E-state index >= 15 is 0 Å². The first-order valence-corrected chi connectivity index (χ1v) is 4.47. The Morgan fingerprint density at radius 2 is 1.92 bits per heavy atom. The van der Waals surface area contributed by atoms with Crippen LogP contribution in [0.25, 0.3) is 0 Å². The molecule has 0 heterocycles. The molecule has 2 nitrogen and oxygen atoms in total. The van der Waals surface area contributed by atoms with E-state index in [9.17, 15) is 4.79 Å². The van der Waals surface area contributed by atoms with Crippen molar-refractivity contribution in [3.05, 3.63) is 29.8 Å². The summed E-state index contributed by atoms with van der Waals surface area (Å²) in [6.07, 6.45) is 0. The van der Waals surface area contributed by atoms with Crippen molar-refractivity contribution in [2.24, 2.45) is 5.92 Å². The van der Waals surface area contributed by atoms with E-state index in [-0.39, 0.29) is 11.8 Å². The molecule has 0 saturated carbocycles. The number of carbonyl (C=O) groups is 1. The number of aryl methyl sites for hydroxylation is 1. The number of para-hydroxylation sites is 1. The lowest BCUT2D eigenvalue weighted by Crippen LogP contribution is -2.18. The van der Waals surface area contributed by atoms with Crippen LogP contribution < -0.4 is 5.32 Å². The van der Waals surface area contributed by atoms with Crippen molar-refractivity contribution in [1.82, 2.24) is 0 Å². The highest BCUT2D eigenvalue weighted by molar-refractivity contribution is 5.92. The summed E-state index contributed by atoms with van der Waals surface area (Å²) in [7, 11) is 0. The fourth-order valence-electron chi connectivity index (χ4n) is 0.990. The zero-order valence-electron chi connectivity index (χ0n) is 8.29. The minimum absolute atomic E-state index is 0.0274. The molecule has 0 aliphatic carbocycles. The number of amides is 1. The maximum atomic E-state index is 11.4. The summed E-state index contributed by atoms with van der Waals surface area (Å²) in [6.45, 7) is 5.75. The third-order valence-corrected chi connectivity index (χ3v) is 1.93. The van der Waals surface area contributed by atoms with Crippen LogP contribution in [-0.4, -0.2) is 5.91 Å². The highest BCUT2D eigenvalue weighted by Crippen LogP contribution is 2.13. The monoisotopic (exact) mass is 177 g/mol. The van der Waals surface area contributed by atoms with Gasteiger partial charge >= 0.3 is 0 Å². The molecule has 0 unspecified atom stereocenters. The Bertz CT molecular complexity index is 305. The van der Waals surface area contributed by atoms with E-state index in [0.29, 0.717) is 0 Å². The van der Waals surface area contributed by atoms with Gasteiger partial charge in [-0.15, -0.1) is 0 Å². The number of nitrogens with one attached hydrogen (secondary N) is 1. The fourth-order valence-corrected chi connectivity index (χ4v) is 0.990. The van der Waals surface area contributed by atoms with Gasteiger partial charge in [0.15, 0.2) is 0 Å². The largest absolute Gasteiger partial charge is 0.326 e. The maximum Gasteiger partial charge on any atom is 0.226 e. The van der Waals surface area contributed by atoms with Gasteiger partial charge in [-0.05, 0) is 18.6 Å². The van der Waals surface area contributed by atoms with Gasteiger partial charge in [0.1, 0.15) is 0 Å². The molecule has 0 aromatic heterocycles. The van der Waals surface area contributed by atoms with E-state index < -0.39 is 0 Å². The van der Waals surface area contributed by atoms with Crippen LogP contribution in [0.4, 0.5) is 5.69 Å². The van der Waals surface area contributed by atoms with Crippen molar-refractivity contribution in [1.29, 1.82) is 0 Å². The maximum absolute atomic E-state index is 11.4. The van der Waals surface area contributed by atoms with Crippen LogP contribution in [0, 0.1) is 12.8 Å². The van der Waals surface area contributed by atoms with Crippen molar-refractivity contribution in [3.8, 4) is 0 Å². The summed E-state index contributed by atoms with van der Waals surface area (Å²) < 4.78 is 0. The summed E-state index contributed by atoms with van der Waals surface area (Å²) in [4.78, 5) is 11.4. The second kappa shape index (κ2) is 4.08. The summed E-state index contributed by atoms with van der Waals surface area (Å²) in [5.41, 5.74) is 2.00. The number of hydrogen-bond acceptors (Lipinski definition) is 1. The third kappa shape index (κ3) is 2.58. The molecule has 0 saturated heterocycles. The van der Waals surface area contributed by atoms with Gasteiger partial charge in [0.2, 0.25) is 5.91 Å². The SMILES string of the molecule is Cc1ccccc1NC(=O)C(C)C. The van der Waals surface area contributed by atoms with Gasteiger partial charge in [-0.25, -0.2) is 0 Å². The van der Waals surface area contributed by atoms with Gasteiger partial charge in [0, 0.05) is 11.6 Å². The van der Waals surface area contributed by atoms with E-state index in [1.54, 1.807) is 0 Å². The molecule has 1 rings (SSSR count). The molecule has 1 aromatic carbocycles. The van der Waals surface area contributed by atoms with Crippen LogP contribution in [0.1, 0.15) is 19.4 Å². The second-order valence-corrected chi connectivity index (χ2v) is 3.46. The summed E-state index contributed by atoms with van der Waals surface area (Å²) >= 11 is 0. The molecule has 0 aliphatic rings. The molecule has 1 aromatic rings. The normalized spacial score (nSPS) is 10.2. The Labute approximate surface area is 79.0 Å². The first kappa shape index (κ1) is 9.78. The van der Waals surface area contributed by atoms with E-state index in [1.165, 1.54) is 0 Å². The smallest absolute Gasteiger partial charge is 0.226 e. The first-order valence-electron chi connectivity index (χ1n) is 4.47. The van der Waals surface area contributed by atoms with Crippen molar-refractivity contribution in [2.45, 2.75) is 20.8 Å². The Balaban J connectivity index is 2.75. The number of carbonyl (C=O) groups excluding carboxylic acids is 1. The van der Waals surface area contributed by atoms with Crippen molar-refractivity contribution < 1.29 is 4.79 Å². The molecule has 2 heteroatoms. The number of hydrogen-bond donors (Lipinski definition) is 1. The van der Waals surface area contributed by atoms with Gasteiger partial charge in [0.05, 0.1) is 0 Å². The van der Waals surface area contributed by atoms with Gasteiger partial charge in [-0.1, -0.05) is 32.0 Å². The molecule has 1 N–H and O–H groups in total. The Hall–Kier alpha value is -1.31. The van der Waals surface area contributed by atoms with Crippen LogP contribution in [0.15, 0.2) is 24.3 Å². The standard InChI is InChI=1S/C11H15NO/c1-8(2)11(13)12-10-7-5-4-6-9(10)3/h4-8H,1-3H3,(H,12,13). The lowest BCUT2D eigenvalue weighted by molar-refractivity contribution is -0.118. The Morgan fingerprint density at radius 3 is 2.46 bits per heavy atom. The van der Waals surface area contributed by atoms with Crippen molar-refractivity contribution in [3.63, 3.8) is 0 Å². The van der Waals surface area contributed by atoms with E-state index in [4.69, 9.17) is 0 Å². The van der Waals surface area contributed by atoms with Gasteiger partial charge in [-0.3, -0.25) is 4.79 Å². The molecule has 13 heavy (non-hydrogen) atoms. The van der Waals surface area contributed by atoms with Crippen LogP contribution in [0.2, 0.25) is 0 Å². The molecule has 0 radical (unpaired) electrons. The fraction of sp³-hybridized carbons (Fsp3) is 0.364. The molecule has 0 bridgehead atoms. The van der Waals surface area contributed by atoms with Crippen molar-refractivity contribution in [2.75, 3.05) is 5.32 Å². The number of benzene rings is 1. The zero-order chi connectivity index (χ0) is 9.84. The van der Waals surface area contributed by atoms with E-state index in [0.717, 1.165) is 11.3 Å². The minimum atomic E-state index is 0.0274. The zero-order valence-corrected chi connectivity index (χ0v) is 8.29. The van der Waals surface area contributed by atoms with E-state index in [2.05, 4.69) is 5.32 Å². The molecule has 0 atom stereocenters. The highest BCUT2D eigenvalue weighted by atomic mass is 16.1. The summed E-state index contributed by atoms with van der Waals surface area (Å²) in [6, 6.07) is 7.77. The predicted octanol–water partition coefficient (Wildman–Crippen LogP) is 2.59. The Morgan fingerprint density at radius 1 is 1.31 bits per heavy atom. The number of anilines is 1. The van der Waals surface area contributed by atoms with E-state index in [1.807, 2.05) is 45.0 Å². The topological polar surface area (TPSA) is 29.1 Å². The van der Waals surface area contributed by atoms with Crippen molar-refractivity contribution >= 4 is 11.6 Å². The highest BCUT2D eigenvalue weighted by Gasteiger charge is 2.07. The second-order valence-electron chi connectivity index (χ2n) is 3.46. The Kier molecular flexibility index (Phi) is 3.07. The lowest BCUT2D eigenvalue weighted by Gasteiger charge is -2.09. The quantitative estimate of drug-likeness (QED) is 0.739. The number of rotatable bonds is 2. The molecule has 0 spiro atoms. The molecule has 0 aliphatic heterocycles. The minimum Gasteiger partial charge on any atom is -0.326 e. The van der Waals surface area contributed by atoms with Crippen LogP contribution in [0.5, 0.6) is 0 Å². The van der Waals surface area contributed by atoms with Crippen LogP contribution >= 0.6 is 0 Å². The first-order chi connectivity index (χ1) is 6.11. The third-order valence-electron chi connectivity index (χ3n) is 1.93. The van der Waals surface area contributed by atoms with Gasteiger partial charge in [-0.2, -0.15) is 0 Å². The lowest BCUT2D eigenvalue weighted by atomic mass is 10.1. The average Bonchev–Trinajstić information content (AvgIpc) is 2.08.